The Morgan fingerprint density at radius 2 is 1.83 bits per heavy atom. The molecule has 2 heterocycles. The summed E-state index contributed by atoms with van der Waals surface area (Å²) < 4.78 is 11.5. The van der Waals surface area contributed by atoms with E-state index in [1.807, 2.05) is 36.4 Å². The Bertz CT molecular complexity index is 1300. The van der Waals surface area contributed by atoms with Crippen LogP contribution < -0.4 is 10.1 Å². The van der Waals surface area contributed by atoms with Crippen LogP contribution in [0.2, 0.25) is 0 Å². The zero-order valence-electron chi connectivity index (χ0n) is 17.7. The first kappa shape index (κ1) is 19.8. The number of carbonyl (C=O) groups is 2. The highest BCUT2D eigenvalue weighted by Crippen LogP contribution is 2.36. The number of furan rings is 1. The van der Waals surface area contributed by atoms with E-state index in [2.05, 4.69) is 10.3 Å². The number of aromatic amines is 1. The van der Waals surface area contributed by atoms with E-state index in [0.717, 1.165) is 16.4 Å². The van der Waals surface area contributed by atoms with Crippen molar-refractivity contribution in [2.24, 2.45) is 0 Å². The topological polar surface area (TPSA) is 84.3 Å². The van der Waals surface area contributed by atoms with Crippen LogP contribution in [0.3, 0.4) is 0 Å². The van der Waals surface area contributed by atoms with Gasteiger partial charge in [-0.25, -0.2) is 0 Å². The summed E-state index contributed by atoms with van der Waals surface area (Å²) >= 11 is 0. The van der Waals surface area contributed by atoms with Gasteiger partial charge in [-0.2, -0.15) is 0 Å². The van der Waals surface area contributed by atoms with Gasteiger partial charge in [0.25, 0.3) is 0 Å². The highest BCUT2D eigenvalue weighted by Gasteiger charge is 2.24. The molecule has 0 saturated carbocycles. The van der Waals surface area contributed by atoms with E-state index in [1.165, 1.54) is 6.92 Å². The van der Waals surface area contributed by atoms with Gasteiger partial charge in [-0.15, -0.1) is 0 Å². The van der Waals surface area contributed by atoms with E-state index in [4.69, 9.17) is 9.15 Å². The molecule has 2 aromatic carbocycles. The van der Waals surface area contributed by atoms with E-state index in [9.17, 15) is 9.59 Å². The van der Waals surface area contributed by atoms with Gasteiger partial charge in [-0.3, -0.25) is 9.59 Å². The highest BCUT2D eigenvalue weighted by molar-refractivity contribution is 6.08. The van der Waals surface area contributed by atoms with Crippen molar-refractivity contribution in [3.63, 3.8) is 0 Å². The van der Waals surface area contributed by atoms with E-state index in [0.29, 0.717) is 39.5 Å². The molecule has 6 heteroatoms. The van der Waals surface area contributed by atoms with Gasteiger partial charge >= 0.3 is 0 Å². The highest BCUT2D eigenvalue weighted by atomic mass is 16.5. The van der Waals surface area contributed by atoms with Crippen LogP contribution in [0.5, 0.6) is 5.75 Å². The number of hydrogen-bond donors (Lipinski definition) is 2. The number of H-pyrrole nitrogens is 1. The summed E-state index contributed by atoms with van der Waals surface area (Å²) in [5.74, 6) is 0.435. The molecule has 4 aromatic rings. The number of hydrogen-bond acceptors (Lipinski definition) is 5. The molecule has 0 fully saturated rings. The standard InChI is InChI=1S/C24H24N2O4/c1-12-22(15(4)27)13(2)26-23(12)24(28)14(3)25-18-11-20-17(10-21(18)29-5)16-8-6-7-9-19(16)30-20/h6-11,14,25-26H,1-5H3/t14-/m1/s1. The van der Waals surface area contributed by atoms with Crippen LogP contribution in [0, 0.1) is 13.8 Å². The Morgan fingerprint density at radius 1 is 1.10 bits per heavy atom. The number of benzene rings is 2. The van der Waals surface area contributed by atoms with Crippen LogP contribution in [0.15, 0.2) is 40.8 Å². The number of aromatic nitrogens is 1. The van der Waals surface area contributed by atoms with Crippen LogP contribution in [-0.4, -0.2) is 29.7 Å². The van der Waals surface area contributed by atoms with Gasteiger partial charge in [-0.05, 0) is 45.4 Å². The second kappa shape index (κ2) is 7.37. The normalized spacial score (nSPS) is 12.3. The molecule has 0 aliphatic heterocycles. The van der Waals surface area contributed by atoms with Crippen molar-refractivity contribution in [2.75, 3.05) is 12.4 Å². The first-order chi connectivity index (χ1) is 14.3. The molecule has 2 aromatic heterocycles. The number of aryl methyl sites for hydroxylation is 1. The van der Waals surface area contributed by atoms with Crippen molar-refractivity contribution < 1.29 is 18.7 Å². The Labute approximate surface area is 174 Å². The minimum atomic E-state index is -0.544. The third kappa shape index (κ3) is 3.14. The third-order valence-electron chi connectivity index (χ3n) is 5.50. The molecule has 4 rings (SSSR count). The molecule has 0 amide bonds. The molecule has 0 unspecified atom stereocenters. The summed E-state index contributed by atoms with van der Waals surface area (Å²) in [5.41, 5.74) is 4.58. The summed E-state index contributed by atoms with van der Waals surface area (Å²) in [7, 11) is 1.60. The summed E-state index contributed by atoms with van der Waals surface area (Å²) in [5, 5.41) is 5.20. The minimum Gasteiger partial charge on any atom is -0.495 e. The lowest BCUT2D eigenvalue weighted by molar-refractivity contribution is 0.0970. The molecule has 1 atom stereocenters. The fourth-order valence-electron chi connectivity index (χ4n) is 4.07. The van der Waals surface area contributed by atoms with Gasteiger partial charge < -0.3 is 19.5 Å². The lowest BCUT2D eigenvalue weighted by Crippen LogP contribution is -2.27. The average Bonchev–Trinajstić information content (AvgIpc) is 3.22. The quantitative estimate of drug-likeness (QED) is 0.419. The van der Waals surface area contributed by atoms with E-state index < -0.39 is 6.04 Å². The number of Topliss-reactive ketones (excluding diaryl/α,β-unsaturated/α-hetero) is 2. The SMILES string of the molecule is COc1cc2c(cc1N[C@H](C)C(=O)c1[nH]c(C)c(C(C)=O)c1C)oc1ccccc12. The van der Waals surface area contributed by atoms with Crippen molar-refractivity contribution in [1.82, 2.24) is 4.98 Å². The molecule has 154 valence electrons. The van der Waals surface area contributed by atoms with Crippen LogP contribution >= 0.6 is 0 Å². The van der Waals surface area contributed by atoms with Crippen molar-refractivity contribution in [2.45, 2.75) is 33.7 Å². The van der Waals surface area contributed by atoms with E-state index in [-0.39, 0.29) is 11.6 Å². The third-order valence-corrected chi connectivity index (χ3v) is 5.50. The van der Waals surface area contributed by atoms with Gasteiger partial charge in [0, 0.05) is 28.1 Å². The lowest BCUT2D eigenvalue weighted by atomic mass is 10.0. The number of anilines is 1. The number of ether oxygens (including phenoxy) is 1. The second-order valence-corrected chi connectivity index (χ2v) is 7.56. The number of para-hydroxylation sites is 1. The maximum atomic E-state index is 13.1. The molecule has 0 aliphatic carbocycles. The van der Waals surface area contributed by atoms with Crippen LogP contribution in [0.1, 0.15) is 46.0 Å². The predicted octanol–water partition coefficient (Wildman–Crippen LogP) is 5.43. The fraction of sp³-hybridized carbons (Fsp3) is 0.250. The molecule has 2 N–H and O–H groups in total. The van der Waals surface area contributed by atoms with Crippen molar-refractivity contribution in [1.29, 1.82) is 0 Å². The number of carbonyl (C=O) groups excluding carboxylic acids is 2. The number of fused-ring (bicyclic) bond motifs is 3. The maximum Gasteiger partial charge on any atom is 0.201 e. The van der Waals surface area contributed by atoms with Gasteiger partial charge in [0.1, 0.15) is 16.9 Å². The predicted molar refractivity (Wildman–Crippen MR) is 118 cm³/mol. The zero-order valence-corrected chi connectivity index (χ0v) is 17.7. The monoisotopic (exact) mass is 404 g/mol. The largest absolute Gasteiger partial charge is 0.495 e. The Hall–Kier alpha value is -3.54. The van der Waals surface area contributed by atoms with Crippen LogP contribution in [-0.2, 0) is 0 Å². The molecule has 0 aliphatic rings. The Balaban J connectivity index is 1.69. The summed E-state index contributed by atoms with van der Waals surface area (Å²) in [4.78, 5) is 28.1. The van der Waals surface area contributed by atoms with Gasteiger partial charge in [0.2, 0.25) is 5.78 Å². The van der Waals surface area contributed by atoms with Crippen molar-refractivity contribution in [3.8, 4) is 5.75 Å². The smallest absolute Gasteiger partial charge is 0.201 e. The van der Waals surface area contributed by atoms with E-state index >= 15 is 0 Å². The number of nitrogens with one attached hydrogen (secondary N) is 2. The second-order valence-electron chi connectivity index (χ2n) is 7.56. The number of methoxy groups -OCH3 is 1. The summed E-state index contributed by atoms with van der Waals surface area (Å²) in [6.07, 6.45) is 0. The molecule has 6 nitrogen and oxygen atoms in total. The average molecular weight is 404 g/mol. The van der Waals surface area contributed by atoms with Gasteiger partial charge in [0.05, 0.1) is 24.5 Å². The summed E-state index contributed by atoms with van der Waals surface area (Å²) in [6, 6.07) is 11.0. The molecule has 0 bridgehead atoms. The van der Waals surface area contributed by atoms with Crippen LogP contribution in [0.25, 0.3) is 21.9 Å². The number of rotatable bonds is 6. The van der Waals surface area contributed by atoms with E-state index in [1.54, 1.807) is 27.9 Å². The Kier molecular flexibility index (Phi) is 4.86. The molecule has 30 heavy (non-hydrogen) atoms. The molecular weight excluding hydrogens is 380 g/mol. The zero-order chi connectivity index (χ0) is 21.6. The fourth-order valence-corrected chi connectivity index (χ4v) is 4.07. The van der Waals surface area contributed by atoms with Crippen molar-refractivity contribution >= 4 is 39.2 Å². The van der Waals surface area contributed by atoms with Gasteiger partial charge in [-0.1, -0.05) is 18.2 Å². The van der Waals surface area contributed by atoms with Crippen LogP contribution in [0.4, 0.5) is 5.69 Å². The van der Waals surface area contributed by atoms with Crippen molar-refractivity contribution in [3.05, 3.63) is 58.9 Å². The first-order valence-corrected chi connectivity index (χ1v) is 9.82. The molecule has 0 spiro atoms. The maximum absolute atomic E-state index is 13.1. The molecule has 0 radical (unpaired) electrons. The first-order valence-electron chi connectivity index (χ1n) is 9.82. The lowest BCUT2D eigenvalue weighted by Gasteiger charge is -2.17. The Morgan fingerprint density at radius 3 is 2.50 bits per heavy atom. The molecule has 0 saturated heterocycles. The minimum absolute atomic E-state index is 0.0575. The summed E-state index contributed by atoms with van der Waals surface area (Å²) in [6.45, 7) is 6.89. The number of ketones is 2. The molecular formula is C24H24N2O4. The van der Waals surface area contributed by atoms with Gasteiger partial charge in [0.15, 0.2) is 5.78 Å².